The van der Waals surface area contributed by atoms with E-state index in [4.69, 9.17) is 19.4 Å². The van der Waals surface area contributed by atoms with Crippen LogP contribution < -0.4 is 0 Å². The molecule has 0 aliphatic carbocycles. The number of aliphatic hydroxyl groups is 1. The second-order valence-electron chi connectivity index (χ2n) is 5.98. The Bertz CT molecular complexity index is 904. The number of halogens is 2. The predicted molar refractivity (Wildman–Crippen MR) is 89.1 cm³/mol. The first kappa shape index (κ1) is 24.7. The van der Waals surface area contributed by atoms with Gasteiger partial charge in [-0.2, -0.15) is 8.62 Å². The number of hydrogen-bond donors (Lipinski definition) is 5. The van der Waals surface area contributed by atoms with Crippen molar-refractivity contribution in [2.24, 2.45) is 0 Å². The largest absolute Gasteiger partial charge is 0.490 e. The highest BCUT2D eigenvalue weighted by Crippen LogP contribution is 2.66. The fraction of sp³-hybridized carbons (Fsp3) is 0.500. The number of aliphatic hydroxyl groups excluding tert-OH is 1. The van der Waals surface area contributed by atoms with Crippen LogP contribution in [0, 0.1) is 18.6 Å². The summed E-state index contributed by atoms with van der Waals surface area (Å²) in [7, 11) is -16.6. The van der Waals surface area contributed by atoms with Crippen LogP contribution in [0.2, 0.25) is 0 Å². The third kappa shape index (κ3) is 7.25. The SMILES string of the molecule is Cc1cc([C@H]2C[C@H](O)[C@@H](COP(=O)(O)OP(=O)(O)OP(=O)(O)O)O2)c(F)cc1F. The van der Waals surface area contributed by atoms with Gasteiger partial charge in [0.05, 0.1) is 18.8 Å². The van der Waals surface area contributed by atoms with Gasteiger partial charge in [-0.3, -0.25) is 4.52 Å². The molecule has 1 fully saturated rings. The van der Waals surface area contributed by atoms with Crippen molar-refractivity contribution in [3.63, 3.8) is 0 Å². The highest BCUT2D eigenvalue weighted by atomic mass is 31.3. The molecule has 0 saturated carbocycles. The molecule has 0 spiro atoms. The Kier molecular flexibility index (Phi) is 7.55. The maximum atomic E-state index is 14.0. The second-order valence-corrected chi connectivity index (χ2v) is 10.4. The average molecular weight is 484 g/mol. The summed E-state index contributed by atoms with van der Waals surface area (Å²) in [6, 6.07) is 1.81. The van der Waals surface area contributed by atoms with Crippen LogP contribution in [0.4, 0.5) is 8.78 Å². The van der Waals surface area contributed by atoms with Crippen LogP contribution in [0.5, 0.6) is 0 Å². The first-order chi connectivity index (χ1) is 13.1. The Morgan fingerprint density at radius 2 is 1.69 bits per heavy atom. The van der Waals surface area contributed by atoms with Crippen molar-refractivity contribution in [3.8, 4) is 0 Å². The maximum absolute atomic E-state index is 14.0. The fourth-order valence-corrected chi connectivity index (χ4v) is 5.51. The molecule has 0 aromatic heterocycles. The minimum Gasteiger partial charge on any atom is -0.390 e. The summed E-state index contributed by atoms with van der Waals surface area (Å²) in [4.78, 5) is 35.3. The molecule has 5 atom stereocenters. The first-order valence-corrected chi connectivity index (χ1v) is 12.2. The summed E-state index contributed by atoms with van der Waals surface area (Å²) in [5.41, 5.74) is 0.0555. The lowest BCUT2D eigenvalue weighted by molar-refractivity contribution is -0.0228. The predicted octanol–water partition coefficient (Wildman–Crippen LogP) is 1.81. The lowest BCUT2D eigenvalue weighted by atomic mass is 10.0. The molecular formula is C12H17F2O12P3. The topological polar surface area (TPSA) is 189 Å². The van der Waals surface area contributed by atoms with Crippen LogP contribution >= 0.6 is 23.5 Å². The third-order valence-corrected chi connectivity index (χ3v) is 7.47. The molecule has 29 heavy (non-hydrogen) atoms. The van der Waals surface area contributed by atoms with Gasteiger partial charge in [0.25, 0.3) is 0 Å². The molecule has 5 N–H and O–H groups in total. The number of aryl methyl sites for hydroxylation is 1. The molecule has 1 saturated heterocycles. The smallest absolute Gasteiger partial charge is 0.390 e. The summed E-state index contributed by atoms with van der Waals surface area (Å²) in [5, 5.41) is 9.97. The molecule has 2 unspecified atom stereocenters. The van der Waals surface area contributed by atoms with Crippen molar-refractivity contribution >= 4 is 23.5 Å². The molecule has 0 bridgehead atoms. The molecule has 1 heterocycles. The van der Waals surface area contributed by atoms with E-state index in [1.54, 1.807) is 0 Å². The summed E-state index contributed by atoms with van der Waals surface area (Å²) in [6.45, 7) is 0.500. The van der Waals surface area contributed by atoms with Crippen LogP contribution in [0.3, 0.4) is 0 Å². The number of phosphoric acid groups is 3. The lowest BCUT2D eigenvalue weighted by Gasteiger charge is -2.19. The zero-order chi connectivity index (χ0) is 22.2. The van der Waals surface area contributed by atoms with Gasteiger partial charge in [0.2, 0.25) is 0 Å². The number of benzene rings is 1. The van der Waals surface area contributed by atoms with E-state index in [9.17, 15) is 32.5 Å². The molecule has 2 rings (SSSR count). The Morgan fingerprint density at radius 3 is 2.28 bits per heavy atom. The van der Waals surface area contributed by atoms with Gasteiger partial charge in [0.1, 0.15) is 17.7 Å². The first-order valence-electron chi connectivity index (χ1n) is 7.66. The Labute approximate surface area is 162 Å². The molecule has 1 aromatic rings. The van der Waals surface area contributed by atoms with Gasteiger partial charge < -0.3 is 29.4 Å². The van der Waals surface area contributed by atoms with E-state index in [0.29, 0.717) is 6.07 Å². The third-order valence-electron chi connectivity index (χ3n) is 3.67. The van der Waals surface area contributed by atoms with Crippen LogP contribution in [-0.2, 0) is 31.6 Å². The van der Waals surface area contributed by atoms with Gasteiger partial charge in [-0.15, -0.1) is 0 Å². The van der Waals surface area contributed by atoms with Crippen LogP contribution in [0.1, 0.15) is 23.7 Å². The van der Waals surface area contributed by atoms with Gasteiger partial charge in [-0.25, -0.2) is 22.5 Å². The van der Waals surface area contributed by atoms with E-state index < -0.39 is 60.0 Å². The van der Waals surface area contributed by atoms with Crippen molar-refractivity contribution in [3.05, 3.63) is 34.9 Å². The second kappa shape index (κ2) is 8.88. The van der Waals surface area contributed by atoms with Gasteiger partial charge in [0.15, 0.2) is 0 Å². The molecule has 17 heteroatoms. The number of phosphoric ester groups is 1. The van der Waals surface area contributed by atoms with E-state index in [-0.39, 0.29) is 17.5 Å². The summed E-state index contributed by atoms with van der Waals surface area (Å²) < 4.78 is 77.6. The van der Waals surface area contributed by atoms with E-state index >= 15 is 0 Å². The fourth-order valence-electron chi connectivity index (χ4n) is 2.48. The summed E-state index contributed by atoms with van der Waals surface area (Å²) >= 11 is 0. The van der Waals surface area contributed by atoms with E-state index in [0.717, 1.165) is 0 Å². The molecule has 1 aliphatic rings. The van der Waals surface area contributed by atoms with Crippen LogP contribution in [0.15, 0.2) is 12.1 Å². The normalized spacial score (nSPS) is 26.8. The monoisotopic (exact) mass is 484 g/mol. The molecule has 12 nitrogen and oxygen atoms in total. The van der Waals surface area contributed by atoms with Gasteiger partial charge >= 0.3 is 23.5 Å². The molecular weight excluding hydrogens is 467 g/mol. The zero-order valence-corrected chi connectivity index (χ0v) is 17.2. The van der Waals surface area contributed by atoms with Gasteiger partial charge in [-0.1, -0.05) is 0 Å². The van der Waals surface area contributed by atoms with Crippen molar-refractivity contribution < 1.29 is 65.0 Å². The van der Waals surface area contributed by atoms with Gasteiger partial charge in [0, 0.05) is 18.1 Å². The number of hydrogen-bond acceptors (Lipinski definition) is 8. The highest BCUT2D eigenvalue weighted by molar-refractivity contribution is 7.66. The number of ether oxygens (including phenoxy) is 1. The van der Waals surface area contributed by atoms with Crippen molar-refractivity contribution in [2.75, 3.05) is 6.61 Å². The van der Waals surface area contributed by atoms with Crippen LogP contribution in [-0.4, -0.2) is 43.5 Å². The van der Waals surface area contributed by atoms with Crippen LogP contribution in [0.25, 0.3) is 0 Å². The molecule has 166 valence electrons. The minimum absolute atomic E-state index is 0.0659. The average Bonchev–Trinajstić information content (AvgIpc) is 2.86. The molecule has 1 aromatic carbocycles. The molecule has 0 amide bonds. The maximum Gasteiger partial charge on any atom is 0.490 e. The lowest BCUT2D eigenvalue weighted by Crippen LogP contribution is -2.26. The summed E-state index contributed by atoms with van der Waals surface area (Å²) in [5.74, 6) is -1.71. The highest BCUT2D eigenvalue weighted by Gasteiger charge is 2.43. The van der Waals surface area contributed by atoms with E-state index in [1.165, 1.54) is 13.0 Å². The minimum atomic E-state index is -5.68. The van der Waals surface area contributed by atoms with E-state index in [2.05, 4.69) is 13.1 Å². The molecule has 1 aliphatic heterocycles. The van der Waals surface area contributed by atoms with Gasteiger partial charge in [-0.05, 0) is 18.6 Å². The Morgan fingerprint density at radius 1 is 1.07 bits per heavy atom. The molecule has 0 radical (unpaired) electrons. The Balaban J connectivity index is 2.01. The Hall–Kier alpha value is -0.590. The van der Waals surface area contributed by atoms with Crippen molar-refractivity contribution in [1.82, 2.24) is 0 Å². The summed E-state index contributed by atoms with van der Waals surface area (Å²) in [6.07, 6.45) is -3.85. The quantitative estimate of drug-likeness (QED) is 0.337. The van der Waals surface area contributed by atoms with E-state index in [1.807, 2.05) is 0 Å². The standard InChI is InChI=1S/C12H17F2O12P3/c1-6-2-7(9(14)3-8(6)13)11-4-10(15)12(24-11)5-23-28(19,20)26-29(21,22)25-27(16,17)18/h2-3,10-12,15H,4-5H2,1H3,(H,19,20)(H,21,22)(H2,16,17,18)/t10-,11+,12+/m0/s1. The zero-order valence-electron chi connectivity index (χ0n) is 14.5. The van der Waals surface area contributed by atoms with Crippen molar-refractivity contribution in [1.29, 1.82) is 0 Å². The van der Waals surface area contributed by atoms with Crippen molar-refractivity contribution in [2.45, 2.75) is 31.7 Å². The number of rotatable bonds is 8.